The lowest BCUT2D eigenvalue weighted by Crippen LogP contribution is -2.36. The average Bonchev–Trinajstić information content (AvgIpc) is 2.52. The number of aliphatic hydroxyl groups is 1. The predicted octanol–water partition coefficient (Wildman–Crippen LogP) is 1.62. The summed E-state index contributed by atoms with van der Waals surface area (Å²) >= 11 is 0. The molecule has 0 spiro atoms. The highest BCUT2D eigenvalue weighted by Crippen LogP contribution is 2.22. The molecule has 6 heteroatoms. The number of carbonyl (C=O) groups excluding carboxylic acids is 1. The Hall–Kier alpha value is -2.34. The summed E-state index contributed by atoms with van der Waals surface area (Å²) in [6, 6.07) is 5.35. The predicted molar refractivity (Wildman–Crippen MR) is 91.7 cm³/mol. The van der Waals surface area contributed by atoms with Crippen LogP contribution in [0.5, 0.6) is 0 Å². The fourth-order valence-electron chi connectivity index (χ4n) is 2.70. The molecule has 0 aliphatic rings. The van der Waals surface area contributed by atoms with E-state index in [1.807, 2.05) is 31.4 Å². The topological polar surface area (TPSA) is 88.6 Å². The lowest BCUT2D eigenvalue weighted by molar-refractivity contribution is 0.0730. The first kappa shape index (κ1) is 17.0. The van der Waals surface area contributed by atoms with E-state index in [0.717, 1.165) is 0 Å². The Morgan fingerprint density at radius 1 is 1.39 bits per heavy atom. The van der Waals surface area contributed by atoms with Gasteiger partial charge < -0.3 is 20.3 Å². The first-order valence-electron chi connectivity index (χ1n) is 7.75. The van der Waals surface area contributed by atoms with Crippen LogP contribution < -0.4 is 11.2 Å². The summed E-state index contributed by atoms with van der Waals surface area (Å²) in [6.07, 6.45) is 1.59. The summed E-state index contributed by atoms with van der Waals surface area (Å²) < 4.78 is 1.88. The van der Waals surface area contributed by atoms with Crippen molar-refractivity contribution in [2.75, 3.05) is 25.4 Å². The van der Waals surface area contributed by atoms with Crippen molar-refractivity contribution >= 4 is 22.5 Å². The number of rotatable bonds is 5. The van der Waals surface area contributed by atoms with Gasteiger partial charge in [0.1, 0.15) is 5.56 Å². The van der Waals surface area contributed by atoms with E-state index >= 15 is 0 Å². The lowest BCUT2D eigenvalue weighted by Gasteiger charge is -2.22. The number of aromatic nitrogens is 1. The molecular weight excluding hydrogens is 294 g/mol. The van der Waals surface area contributed by atoms with Crippen LogP contribution in [-0.2, 0) is 0 Å². The van der Waals surface area contributed by atoms with Crippen molar-refractivity contribution < 1.29 is 9.90 Å². The molecule has 0 radical (unpaired) electrons. The van der Waals surface area contributed by atoms with E-state index in [1.54, 1.807) is 18.3 Å². The Morgan fingerprint density at radius 3 is 2.65 bits per heavy atom. The number of hydrogen-bond acceptors (Lipinski definition) is 4. The molecule has 0 aliphatic heterocycles. The molecule has 0 saturated carbocycles. The minimum Gasteiger partial charge on any atom is -0.398 e. The molecule has 0 unspecified atom stereocenters. The van der Waals surface area contributed by atoms with Gasteiger partial charge in [-0.15, -0.1) is 0 Å². The monoisotopic (exact) mass is 317 g/mol. The smallest absolute Gasteiger partial charge is 0.259 e. The van der Waals surface area contributed by atoms with Gasteiger partial charge in [0.15, 0.2) is 0 Å². The largest absolute Gasteiger partial charge is 0.398 e. The quantitative estimate of drug-likeness (QED) is 0.820. The first-order chi connectivity index (χ1) is 10.9. The number of anilines is 1. The summed E-state index contributed by atoms with van der Waals surface area (Å²) in [6.45, 7) is 6.23. The van der Waals surface area contributed by atoms with E-state index in [9.17, 15) is 9.59 Å². The van der Waals surface area contributed by atoms with Crippen LogP contribution in [0, 0.1) is 0 Å². The molecule has 0 bridgehead atoms. The van der Waals surface area contributed by atoms with Gasteiger partial charge in [-0.05, 0) is 32.9 Å². The van der Waals surface area contributed by atoms with Crippen LogP contribution in [0.4, 0.5) is 5.69 Å². The minimum atomic E-state index is -0.383. The molecule has 0 aliphatic carbocycles. The second kappa shape index (κ2) is 6.83. The molecule has 1 heterocycles. The van der Waals surface area contributed by atoms with E-state index in [4.69, 9.17) is 10.8 Å². The molecule has 2 aromatic rings. The summed E-state index contributed by atoms with van der Waals surface area (Å²) in [7, 11) is 0. The maximum atomic E-state index is 12.8. The number of nitrogen functional groups attached to an aromatic ring is 1. The van der Waals surface area contributed by atoms with Crippen LogP contribution in [0.15, 0.2) is 29.2 Å². The van der Waals surface area contributed by atoms with Gasteiger partial charge in [-0.3, -0.25) is 9.59 Å². The molecule has 0 atom stereocenters. The zero-order valence-corrected chi connectivity index (χ0v) is 13.7. The van der Waals surface area contributed by atoms with Gasteiger partial charge in [-0.2, -0.15) is 0 Å². The average molecular weight is 317 g/mol. The summed E-state index contributed by atoms with van der Waals surface area (Å²) in [5, 5.41) is 9.46. The number of nitrogens with two attached hydrogens (primary N) is 1. The molecule has 23 heavy (non-hydrogen) atoms. The Labute approximate surface area is 135 Å². The number of carbonyl (C=O) groups is 1. The van der Waals surface area contributed by atoms with E-state index in [-0.39, 0.29) is 36.1 Å². The Bertz CT molecular complexity index is 780. The van der Waals surface area contributed by atoms with E-state index in [2.05, 4.69) is 0 Å². The molecule has 1 aromatic carbocycles. The van der Waals surface area contributed by atoms with Crippen molar-refractivity contribution in [2.24, 2.45) is 0 Å². The molecule has 2 rings (SSSR count). The van der Waals surface area contributed by atoms with E-state index in [1.165, 1.54) is 4.90 Å². The van der Waals surface area contributed by atoms with Crippen molar-refractivity contribution in [1.82, 2.24) is 9.47 Å². The van der Waals surface area contributed by atoms with Gasteiger partial charge in [0.05, 0.1) is 17.5 Å². The lowest BCUT2D eigenvalue weighted by atomic mass is 10.1. The van der Waals surface area contributed by atoms with Crippen molar-refractivity contribution in [1.29, 1.82) is 0 Å². The van der Waals surface area contributed by atoms with Crippen LogP contribution in [-0.4, -0.2) is 40.2 Å². The Morgan fingerprint density at radius 2 is 2.09 bits per heavy atom. The Balaban J connectivity index is 2.75. The summed E-state index contributed by atoms with van der Waals surface area (Å²) in [4.78, 5) is 26.9. The second-order valence-corrected chi connectivity index (χ2v) is 5.72. The van der Waals surface area contributed by atoms with Gasteiger partial charge in [0, 0.05) is 31.0 Å². The van der Waals surface area contributed by atoms with Crippen LogP contribution in [0.25, 0.3) is 10.9 Å². The summed E-state index contributed by atoms with van der Waals surface area (Å²) in [5.41, 5.74) is 6.78. The standard InChI is InChI=1S/C17H23N3O3/c1-4-19(8-9-21)17(23)12-10-20(11(2)3)14-7-5-6-13(18)15(14)16(12)22/h5-7,10-11,21H,4,8-9,18H2,1-3H3. The molecule has 124 valence electrons. The van der Waals surface area contributed by atoms with E-state index in [0.29, 0.717) is 23.1 Å². The van der Waals surface area contributed by atoms with Gasteiger partial charge >= 0.3 is 0 Å². The van der Waals surface area contributed by atoms with Crippen molar-refractivity contribution in [3.05, 3.63) is 40.2 Å². The molecule has 1 amide bonds. The van der Waals surface area contributed by atoms with Crippen molar-refractivity contribution in [3.63, 3.8) is 0 Å². The van der Waals surface area contributed by atoms with Gasteiger partial charge in [0.2, 0.25) is 5.43 Å². The van der Waals surface area contributed by atoms with Gasteiger partial charge in [-0.25, -0.2) is 0 Å². The third kappa shape index (κ3) is 3.07. The van der Waals surface area contributed by atoms with Crippen LogP contribution in [0.2, 0.25) is 0 Å². The van der Waals surface area contributed by atoms with Crippen molar-refractivity contribution in [3.8, 4) is 0 Å². The number of aliphatic hydroxyl groups excluding tert-OH is 1. The number of amides is 1. The second-order valence-electron chi connectivity index (χ2n) is 5.72. The van der Waals surface area contributed by atoms with Crippen LogP contribution >= 0.6 is 0 Å². The number of pyridine rings is 1. The SMILES string of the molecule is CCN(CCO)C(=O)c1cn(C(C)C)c2cccc(N)c2c1=O. The van der Waals surface area contributed by atoms with Crippen molar-refractivity contribution in [2.45, 2.75) is 26.8 Å². The van der Waals surface area contributed by atoms with Crippen LogP contribution in [0.3, 0.4) is 0 Å². The fraction of sp³-hybridized carbons (Fsp3) is 0.412. The third-order valence-corrected chi connectivity index (χ3v) is 3.92. The maximum Gasteiger partial charge on any atom is 0.259 e. The Kier molecular flexibility index (Phi) is 5.05. The first-order valence-corrected chi connectivity index (χ1v) is 7.75. The van der Waals surface area contributed by atoms with Gasteiger partial charge in [0.25, 0.3) is 5.91 Å². The maximum absolute atomic E-state index is 12.8. The van der Waals surface area contributed by atoms with E-state index < -0.39 is 0 Å². The summed E-state index contributed by atoms with van der Waals surface area (Å²) in [5.74, 6) is -0.383. The number of hydrogen-bond donors (Lipinski definition) is 2. The normalized spacial score (nSPS) is 11.2. The minimum absolute atomic E-state index is 0.0689. The number of likely N-dealkylation sites (N-methyl/N-ethyl adjacent to an activating group) is 1. The van der Waals surface area contributed by atoms with Crippen LogP contribution in [0.1, 0.15) is 37.2 Å². The highest BCUT2D eigenvalue weighted by Gasteiger charge is 2.21. The number of fused-ring (bicyclic) bond motifs is 1. The molecular formula is C17H23N3O3. The molecule has 6 nitrogen and oxygen atoms in total. The number of benzene rings is 1. The zero-order chi connectivity index (χ0) is 17.1. The van der Waals surface area contributed by atoms with Gasteiger partial charge in [-0.1, -0.05) is 6.07 Å². The molecule has 0 saturated heterocycles. The molecule has 1 aromatic heterocycles. The number of nitrogens with zero attached hydrogens (tertiary/aromatic N) is 2. The fourth-order valence-corrected chi connectivity index (χ4v) is 2.70. The molecule has 0 fully saturated rings. The zero-order valence-electron chi connectivity index (χ0n) is 13.7. The highest BCUT2D eigenvalue weighted by molar-refractivity contribution is 6.00. The molecule has 3 N–H and O–H groups in total. The third-order valence-electron chi connectivity index (χ3n) is 3.92. The highest BCUT2D eigenvalue weighted by atomic mass is 16.3.